The van der Waals surface area contributed by atoms with Gasteiger partial charge in [-0.05, 0) is 17.2 Å². The molecule has 1 aromatic heterocycles. The molecular weight excluding hydrogens is 412 g/mol. The molecule has 0 unspecified atom stereocenters. The number of fused-ring (bicyclic) bond motifs is 4. The Bertz CT molecular complexity index is 1300. The van der Waals surface area contributed by atoms with Crippen LogP contribution < -0.4 is 10.2 Å². The van der Waals surface area contributed by atoms with Gasteiger partial charge in [0.25, 0.3) is 0 Å². The van der Waals surface area contributed by atoms with Crippen molar-refractivity contribution in [2.24, 2.45) is 0 Å². The second-order valence-electron chi connectivity index (χ2n) is 7.42. The highest BCUT2D eigenvalue weighted by molar-refractivity contribution is 7.15. The number of thiophene rings is 1. The maximum Gasteiger partial charge on any atom is 0.346 e. The summed E-state index contributed by atoms with van der Waals surface area (Å²) in [6.45, 7) is 0.0667. The Hall–Kier alpha value is -3.89. The molecule has 5 rings (SSSR count). The summed E-state index contributed by atoms with van der Waals surface area (Å²) in [6.07, 6.45) is 5.41. The van der Waals surface area contributed by atoms with Gasteiger partial charge in [-0.3, -0.25) is 14.5 Å². The largest absolute Gasteiger partial charge is 0.477 e. The minimum absolute atomic E-state index is 0.0667. The zero-order valence-corrected chi connectivity index (χ0v) is 17.0. The van der Waals surface area contributed by atoms with Crippen LogP contribution >= 0.6 is 11.3 Å². The average molecular weight is 428 g/mol. The van der Waals surface area contributed by atoms with E-state index in [0.717, 1.165) is 11.3 Å². The van der Waals surface area contributed by atoms with E-state index >= 15 is 0 Å². The lowest BCUT2D eigenvalue weighted by Crippen LogP contribution is -2.46. The first-order chi connectivity index (χ1) is 15.0. The van der Waals surface area contributed by atoms with Crippen LogP contribution in [0.3, 0.4) is 0 Å². The first-order valence-electron chi connectivity index (χ1n) is 9.60. The molecule has 0 bridgehead atoms. The molecule has 7 heteroatoms. The van der Waals surface area contributed by atoms with Crippen LogP contribution in [-0.4, -0.2) is 29.4 Å². The number of carboxylic acid groups (broad SMARTS) is 1. The standard InChI is InChI=1S/C24H16N2O4S/c1-2-12-26-16-11-7-6-10-15(16)24(23(26)30)13-17(27)25-19-18(14-8-4-3-5-9-14)20(22(28)29)31-21(19)24/h1,3-11H,12-13H2,(H,25,27)(H,28,29)/t24-/m0/s1. The van der Waals surface area contributed by atoms with E-state index in [9.17, 15) is 19.5 Å². The molecule has 31 heavy (non-hydrogen) atoms. The Morgan fingerprint density at radius 3 is 2.58 bits per heavy atom. The molecule has 3 heterocycles. The third-order valence-corrected chi connectivity index (χ3v) is 7.10. The summed E-state index contributed by atoms with van der Waals surface area (Å²) < 4.78 is 0. The lowest BCUT2D eigenvalue weighted by atomic mass is 9.74. The quantitative estimate of drug-likeness (QED) is 0.623. The van der Waals surface area contributed by atoms with Crippen molar-refractivity contribution in [3.63, 3.8) is 0 Å². The molecule has 2 amide bonds. The van der Waals surface area contributed by atoms with Crippen molar-refractivity contribution < 1.29 is 19.5 Å². The lowest BCUT2D eigenvalue weighted by Gasteiger charge is -2.32. The highest BCUT2D eigenvalue weighted by Crippen LogP contribution is 2.57. The number of para-hydroxylation sites is 1. The smallest absolute Gasteiger partial charge is 0.346 e. The van der Waals surface area contributed by atoms with Crippen LogP contribution in [0.15, 0.2) is 54.6 Å². The van der Waals surface area contributed by atoms with Gasteiger partial charge in [0, 0.05) is 11.3 Å². The Morgan fingerprint density at radius 2 is 1.87 bits per heavy atom. The molecule has 1 atom stereocenters. The van der Waals surface area contributed by atoms with Crippen molar-refractivity contribution in [1.29, 1.82) is 0 Å². The summed E-state index contributed by atoms with van der Waals surface area (Å²) in [7, 11) is 0. The zero-order valence-electron chi connectivity index (χ0n) is 16.2. The fraction of sp³-hybridized carbons (Fsp3) is 0.125. The molecule has 2 aliphatic rings. The van der Waals surface area contributed by atoms with Crippen LogP contribution in [0.25, 0.3) is 11.1 Å². The number of nitrogens with one attached hydrogen (secondary N) is 1. The minimum Gasteiger partial charge on any atom is -0.477 e. The highest BCUT2D eigenvalue weighted by atomic mass is 32.1. The highest BCUT2D eigenvalue weighted by Gasteiger charge is 2.57. The summed E-state index contributed by atoms with van der Waals surface area (Å²) in [5.74, 6) is 0.756. The van der Waals surface area contributed by atoms with Gasteiger partial charge in [-0.15, -0.1) is 17.8 Å². The van der Waals surface area contributed by atoms with Gasteiger partial charge in [0.2, 0.25) is 11.8 Å². The van der Waals surface area contributed by atoms with E-state index in [1.54, 1.807) is 30.3 Å². The molecule has 152 valence electrons. The third kappa shape index (κ3) is 2.55. The van der Waals surface area contributed by atoms with Gasteiger partial charge in [-0.25, -0.2) is 4.79 Å². The molecule has 0 saturated carbocycles. The van der Waals surface area contributed by atoms with Crippen LogP contribution in [0.2, 0.25) is 0 Å². The Labute approximate surface area is 182 Å². The number of benzene rings is 2. The zero-order chi connectivity index (χ0) is 21.8. The summed E-state index contributed by atoms with van der Waals surface area (Å²) >= 11 is 1.04. The van der Waals surface area contributed by atoms with E-state index in [0.29, 0.717) is 32.9 Å². The summed E-state index contributed by atoms with van der Waals surface area (Å²) in [6, 6.07) is 16.2. The number of carboxylic acids is 1. The number of anilines is 2. The minimum atomic E-state index is -1.30. The maximum atomic E-state index is 13.8. The van der Waals surface area contributed by atoms with Crippen LogP contribution in [0.1, 0.15) is 26.5 Å². The summed E-state index contributed by atoms with van der Waals surface area (Å²) in [5.41, 5.74) is 1.49. The molecule has 2 N–H and O–H groups in total. The maximum absolute atomic E-state index is 13.8. The SMILES string of the molecule is C#CCN1C(=O)[C@@]2(CC(=O)Nc3c2sc(C(=O)O)c3-c2ccccc2)c2ccccc21. The van der Waals surface area contributed by atoms with Crippen LogP contribution in [0, 0.1) is 12.3 Å². The number of aromatic carboxylic acids is 1. The number of hydrogen-bond donors (Lipinski definition) is 2. The van der Waals surface area contributed by atoms with Gasteiger partial charge in [0.05, 0.1) is 23.5 Å². The first kappa shape index (κ1) is 19.1. The number of carbonyl (C=O) groups excluding carboxylic acids is 2. The molecule has 0 aliphatic carbocycles. The van der Waals surface area contributed by atoms with Crippen LogP contribution in [0.5, 0.6) is 0 Å². The van der Waals surface area contributed by atoms with E-state index < -0.39 is 11.4 Å². The predicted octanol–water partition coefficient (Wildman–Crippen LogP) is 3.72. The van der Waals surface area contributed by atoms with Gasteiger partial charge >= 0.3 is 5.97 Å². The molecular formula is C24H16N2O4S. The third-order valence-electron chi connectivity index (χ3n) is 5.76. The number of carbonyl (C=O) groups is 3. The molecule has 0 radical (unpaired) electrons. The van der Waals surface area contributed by atoms with Crippen molar-refractivity contribution in [1.82, 2.24) is 0 Å². The van der Waals surface area contributed by atoms with Gasteiger partial charge in [0.1, 0.15) is 10.3 Å². The normalized spacial score (nSPS) is 19.0. The average Bonchev–Trinajstić information content (AvgIpc) is 3.26. The lowest BCUT2D eigenvalue weighted by molar-refractivity contribution is -0.126. The molecule has 1 spiro atoms. The summed E-state index contributed by atoms with van der Waals surface area (Å²) in [4.78, 5) is 41.0. The van der Waals surface area contributed by atoms with Gasteiger partial charge in [-0.1, -0.05) is 54.5 Å². The van der Waals surface area contributed by atoms with Crippen LogP contribution in [-0.2, 0) is 15.0 Å². The van der Waals surface area contributed by atoms with Crippen LogP contribution in [0.4, 0.5) is 11.4 Å². The second-order valence-corrected chi connectivity index (χ2v) is 8.44. The van der Waals surface area contributed by atoms with Crippen molar-refractivity contribution in [2.75, 3.05) is 16.8 Å². The molecule has 2 aromatic carbocycles. The number of hydrogen-bond acceptors (Lipinski definition) is 4. The molecule has 0 fully saturated rings. The van der Waals surface area contributed by atoms with Crippen molar-refractivity contribution in [3.8, 4) is 23.5 Å². The second kappa shape index (κ2) is 6.83. The Balaban J connectivity index is 1.85. The van der Waals surface area contributed by atoms with Gasteiger partial charge < -0.3 is 10.4 Å². The molecule has 0 saturated heterocycles. The topological polar surface area (TPSA) is 86.7 Å². The number of terminal acetylenes is 1. The van der Waals surface area contributed by atoms with Crippen molar-refractivity contribution in [2.45, 2.75) is 11.8 Å². The molecule has 6 nitrogen and oxygen atoms in total. The fourth-order valence-corrected chi connectivity index (χ4v) is 5.86. The van der Waals surface area contributed by atoms with E-state index in [-0.39, 0.29) is 29.7 Å². The monoisotopic (exact) mass is 428 g/mol. The van der Waals surface area contributed by atoms with Gasteiger partial charge in [-0.2, -0.15) is 0 Å². The Morgan fingerprint density at radius 1 is 1.16 bits per heavy atom. The molecule has 2 aliphatic heterocycles. The fourth-order valence-electron chi connectivity index (χ4n) is 4.55. The predicted molar refractivity (Wildman–Crippen MR) is 118 cm³/mol. The molecule has 3 aromatic rings. The Kier molecular flexibility index (Phi) is 4.20. The summed E-state index contributed by atoms with van der Waals surface area (Å²) in [5, 5.41) is 12.8. The van der Waals surface area contributed by atoms with Crippen molar-refractivity contribution >= 4 is 40.5 Å². The first-order valence-corrected chi connectivity index (χ1v) is 10.4. The number of nitrogens with zero attached hydrogens (tertiary/aromatic N) is 1. The van der Waals surface area contributed by atoms with Crippen molar-refractivity contribution in [3.05, 3.63) is 69.9 Å². The van der Waals surface area contributed by atoms with Gasteiger partial charge in [0.15, 0.2) is 0 Å². The van der Waals surface area contributed by atoms with E-state index in [4.69, 9.17) is 6.42 Å². The number of rotatable bonds is 3. The van der Waals surface area contributed by atoms with E-state index in [2.05, 4.69) is 11.2 Å². The number of amides is 2. The van der Waals surface area contributed by atoms with E-state index in [1.807, 2.05) is 24.3 Å². The van der Waals surface area contributed by atoms with E-state index in [1.165, 1.54) is 4.90 Å².